The summed E-state index contributed by atoms with van der Waals surface area (Å²) in [6.07, 6.45) is 0. The number of anilines is 2. The number of hydrogen-bond acceptors (Lipinski definition) is 4. The van der Waals surface area contributed by atoms with Gasteiger partial charge in [-0.05, 0) is 18.6 Å². The summed E-state index contributed by atoms with van der Waals surface area (Å²) in [4.78, 5) is 0. The van der Waals surface area contributed by atoms with E-state index in [0.717, 1.165) is 16.8 Å². The van der Waals surface area contributed by atoms with E-state index in [4.69, 9.17) is 11.5 Å². The third-order valence-electron chi connectivity index (χ3n) is 2.27. The van der Waals surface area contributed by atoms with Crippen LogP contribution in [-0.4, -0.2) is 10.2 Å². The Morgan fingerprint density at radius 3 is 2.47 bits per heavy atom. The molecule has 0 saturated carbocycles. The fourth-order valence-electron chi connectivity index (χ4n) is 1.41. The highest BCUT2D eigenvalue weighted by Gasteiger charge is 2.05. The van der Waals surface area contributed by atoms with Gasteiger partial charge in [0.15, 0.2) is 5.82 Å². The largest absolute Gasteiger partial charge is 0.396 e. The minimum atomic E-state index is 0.271. The molecule has 2 aromatic rings. The van der Waals surface area contributed by atoms with Gasteiger partial charge in [0.05, 0.1) is 11.4 Å². The predicted octanol–water partition coefficient (Wildman–Crippen LogP) is 1.62. The Morgan fingerprint density at radius 1 is 1.07 bits per heavy atom. The van der Waals surface area contributed by atoms with Gasteiger partial charge in [-0.1, -0.05) is 24.3 Å². The molecule has 0 aliphatic rings. The molecule has 0 bridgehead atoms. The molecule has 0 unspecified atom stereocenters. The quantitative estimate of drug-likeness (QED) is 0.733. The second kappa shape index (κ2) is 3.57. The summed E-state index contributed by atoms with van der Waals surface area (Å²) in [6, 6.07) is 9.67. The van der Waals surface area contributed by atoms with E-state index in [-0.39, 0.29) is 5.82 Å². The molecule has 0 spiro atoms. The topological polar surface area (TPSA) is 77.8 Å². The lowest BCUT2D eigenvalue weighted by atomic mass is 10.1. The Bertz CT molecular complexity index is 494. The Hall–Kier alpha value is -2.10. The molecule has 0 fully saturated rings. The van der Waals surface area contributed by atoms with E-state index in [0.29, 0.717) is 5.69 Å². The van der Waals surface area contributed by atoms with Crippen LogP contribution in [0.4, 0.5) is 11.5 Å². The average molecular weight is 200 g/mol. The van der Waals surface area contributed by atoms with Crippen LogP contribution in [0.25, 0.3) is 11.3 Å². The number of aromatic nitrogens is 2. The number of nitrogen functional groups attached to an aromatic ring is 2. The summed E-state index contributed by atoms with van der Waals surface area (Å²) < 4.78 is 0. The number of hydrogen-bond donors (Lipinski definition) is 2. The van der Waals surface area contributed by atoms with Gasteiger partial charge in [0.1, 0.15) is 0 Å². The van der Waals surface area contributed by atoms with Gasteiger partial charge < -0.3 is 11.5 Å². The molecule has 76 valence electrons. The molecule has 1 aromatic heterocycles. The third-order valence-corrected chi connectivity index (χ3v) is 2.27. The third kappa shape index (κ3) is 1.74. The van der Waals surface area contributed by atoms with Gasteiger partial charge in [0.2, 0.25) is 0 Å². The Kier molecular flexibility index (Phi) is 2.25. The van der Waals surface area contributed by atoms with Gasteiger partial charge in [-0.2, -0.15) is 0 Å². The Morgan fingerprint density at radius 2 is 1.80 bits per heavy atom. The first-order valence-corrected chi connectivity index (χ1v) is 4.63. The van der Waals surface area contributed by atoms with Crippen LogP contribution < -0.4 is 11.5 Å². The van der Waals surface area contributed by atoms with E-state index in [1.54, 1.807) is 6.07 Å². The molecule has 15 heavy (non-hydrogen) atoms. The first-order valence-electron chi connectivity index (χ1n) is 4.63. The smallest absolute Gasteiger partial charge is 0.169 e. The number of aryl methyl sites for hydroxylation is 1. The highest BCUT2D eigenvalue weighted by molar-refractivity contribution is 5.69. The molecule has 0 aliphatic heterocycles. The normalized spacial score (nSPS) is 10.2. The molecule has 0 aliphatic carbocycles. The molecular formula is C11H12N4. The number of nitrogens with two attached hydrogens (primary N) is 2. The highest BCUT2D eigenvalue weighted by Crippen LogP contribution is 2.23. The van der Waals surface area contributed by atoms with Crippen LogP contribution in [0.2, 0.25) is 0 Å². The Labute approximate surface area is 87.9 Å². The molecule has 4 nitrogen and oxygen atoms in total. The average Bonchev–Trinajstić information content (AvgIpc) is 2.23. The van der Waals surface area contributed by atoms with Crippen LogP contribution in [0.1, 0.15) is 5.56 Å². The fraction of sp³-hybridized carbons (Fsp3) is 0.0909. The van der Waals surface area contributed by atoms with Crippen molar-refractivity contribution >= 4 is 11.5 Å². The summed E-state index contributed by atoms with van der Waals surface area (Å²) in [5.41, 5.74) is 14.6. The zero-order chi connectivity index (χ0) is 10.8. The van der Waals surface area contributed by atoms with Crippen LogP contribution >= 0.6 is 0 Å². The van der Waals surface area contributed by atoms with Gasteiger partial charge in [-0.15, -0.1) is 10.2 Å². The molecule has 0 saturated heterocycles. The standard InChI is InChI=1S/C11H12N4/c1-7-4-2-3-5-8(7)10-6-9(12)11(13)15-14-10/h2-6H,1H3,(H2,12,14)(H2,13,15). The molecule has 0 atom stereocenters. The second-order valence-corrected chi connectivity index (χ2v) is 3.39. The maximum Gasteiger partial charge on any atom is 0.169 e. The summed E-state index contributed by atoms with van der Waals surface area (Å²) in [7, 11) is 0. The zero-order valence-electron chi connectivity index (χ0n) is 8.44. The lowest BCUT2D eigenvalue weighted by Gasteiger charge is -2.05. The summed E-state index contributed by atoms with van der Waals surface area (Å²) in [5.74, 6) is 0.271. The molecule has 0 radical (unpaired) electrons. The van der Waals surface area contributed by atoms with E-state index < -0.39 is 0 Å². The summed E-state index contributed by atoms with van der Waals surface area (Å²) in [6.45, 7) is 2.02. The lowest BCUT2D eigenvalue weighted by Crippen LogP contribution is -2.01. The van der Waals surface area contributed by atoms with Crippen molar-refractivity contribution in [1.29, 1.82) is 0 Å². The fourth-order valence-corrected chi connectivity index (χ4v) is 1.41. The van der Waals surface area contributed by atoms with Crippen molar-refractivity contribution in [1.82, 2.24) is 10.2 Å². The maximum absolute atomic E-state index is 5.68. The van der Waals surface area contributed by atoms with Crippen molar-refractivity contribution in [3.8, 4) is 11.3 Å². The monoisotopic (exact) mass is 200 g/mol. The highest BCUT2D eigenvalue weighted by atomic mass is 15.1. The van der Waals surface area contributed by atoms with Crippen LogP contribution in [0.3, 0.4) is 0 Å². The van der Waals surface area contributed by atoms with Gasteiger partial charge in [-0.3, -0.25) is 0 Å². The molecule has 1 aromatic carbocycles. The van der Waals surface area contributed by atoms with Gasteiger partial charge in [0.25, 0.3) is 0 Å². The Balaban J connectivity index is 2.55. The van der Waals surface area contributed by atoms with Crippen LogP contribution in [0.5, 0.6) is 0 Å². The predicted molar refractivity (Wildman–Crippen MR) is 61.0 cm³/mol. The zero-order valence-corrected chi connectivity index (χ0v) is 8.44. The van der Waals surface area contributed by atoms with E-state index >= 15 is 0 Å². The minimum Gasteiger partial charge on any atom is -0.396 e. The van der Waals surface area contributed by atoms with Crippen molar-refractivity contribution in [3.63, 3.8) is 0 Å². The van der Waals surface area contributed by atoms with Crippen molar-refractivity contribution in [2.45, 2.75) is 6.92 Å². The van der Waals surface area contributed by atoms with E-state index in [9.17, 15) is 0 Å². The lowest BCUT2D eigenvalue weighted by molar-refractivity contribution is 1.05. The van der Waals surface area contributed by atoms with Gasteiger partial charge in [-0.25, -0.2) is 0 Å². The number of benzene rings is 1. The van der Waals surface area contributed by atoms with Crippen molar-refractivity contribution in [2.24, 2.45) is 0 Å². The van der Waals surface area contributed by atoms with E-state index in [2.05, 4.69) is 10.2 Å². The van der Waals surface area contributed by atoms with Crippen LogP contribution in [-0.2, 0) is 0 Å². The SMILES string of the molecule is Cc1ccccc1-c1cc(N)c(N)nn1. The second-order valence-electron chi connectivity index (χ2n) is 3.39. The molecule has 1 heterocycles. The van der Waals surface area contributed by atoms with Gasteiger partial charge in [0, 0.05) is 5.56 Å². The van der Waals surface area contributed by atoms with E-state index in [1.807, 2.05) is 31.2 Å². The molecule has 4 heteroatoms. The molecule has 2 rings (SSSR count). The van der Waals surface area contributed by atoms with Crippen molar-refractivity contribution < 1.29 is 0 Å². The first-order chi connectivity index (χ1) is 7.18. The molecule has 0 amide bonds. The van der Waals surface area contributed by atoms with Crippen LogP contribution in [0.15, 0.2) is 30.3 Å². The van der Waals surface area contributed by atoms with Crippen molar-refractivity contribution in [2.75, 3.05) is 11.5 Å². The van der Waals surface area contributed by atoms with Crippen molar-refractivity contribution in [3.05, 3.63) is 35.9 Å². The van der Waals surface area contributed by atoms with Crippen LogP contribution in [0, 0.1) is 6.92 Å². The number of nitrogens with zero attached hydrogens (tertiary/aromatic N) is 2. The summed E-state index contributed by atoms with van der Waals surface area (Å²) in [5, 5.41) is 7.81. The van der Waals surface area contributed by atoms with Gasteiger partial charge >= 0.3 is 0 Å². The minimum absolute atomic E-state index is 0.271. The maximum atomic E-state index is 5.68. The van der Waals surface area contributed by atoms with E-state index in [1.165, 1.54) is 0 Å². The molecule has 4 N–H and O–H groups in total. The first kappa shape index (κ1) is 9.45. The summed E-state index contributed by atoms with van der Waals surface area (Å²) >= 11 is 0. The number of rotatable bonds is 1. The molecular weight excluding hydrogens is 188 g/mol.